The van der Waals surface area contributed by atoms with Crippen LogP contribution in [0.4, 0.5) is 20.2 Å². The SMILES string of the molecule is C=C\C(=C/C=C(C)/C=C\C(=C)c1cnc2[nH]c3c(NC)cc(F)c(F)c3c2c1N1CCC2(CC2)C1)C(=C)C. The number of aromatic amines is 1. The molecule has 2 aromatic heterocycles. The van der Waals surface area contributed by atoms with Crippen molar-refractivity contribution in [2.45, 2.75) is 33.1 Å². The van der Waals surface area contributed by atoms with Crippen LogP contribution in [0.15, 0.2) is 79.1 Å². The number of aromatic nitrogens is 2. The van der Waals surface area contributed by atoms with Crippen LogP contribution in [-0.2, 0) is 0 Å². The number of allylic oxidation sites excluding steroid dienone is 9. The molecule has 2 aliphatic rings. The van der Waals surface area contributed by atoms with E-state index in [0.29, 0.717) is 27.7 Å². The van der Waals surface area contributed by atoms with Gasteiger partial charge in [0.25, 0.3) is 0 Å². The Balaban J connectivity index is 1.64. The fourth-order valence-corrected chi connectivity index (χ4v) is 5.40. The zero-order valence-electron chi connectivity index (χ0n) is 22.3. The molecule has 5 rings (SSSR count). The van der Waals surface area contributed by atoms with Gasteiger partial charge in [-0.25, -0.2) is 13.8 Å². The normalized spacial score (nSPS) is 17.2. The van der Waals surface area contributed by atoms with E-state index in [1.165, 1.54) is 18.9 Å². The number of H-pyrrole nitrogens is 1. The Hall–Kier alpha value is -3.93. The van der Waals surface area contributed by atoms with Crippen molar-refractivity contribution >= 4 is 38.9 Å². The van der Waals surface area contributed by atoms with E-state index in [4.69, 9.17) is 0 Å². The Morgan fingerprint density at radius 3 is 2.53 bits per heavy atom. The van der Waals surface area contributed by atoms with Gasteiger partial charge in [-0.3, -0.25) is 0 Å². The molecular weight excluding hydrogens is 478 g/mol. The van der Waals surface area contributed by atoms with E-state index in [-0.39, 0.29) is 5.39 Å². The van der Waals surface area contributed by atoms with Crippen LogP contribution in [0, 0.1) is 17.0 Å². The third-order valence-corrected chi connectivity index (χ3v) is 7.88. The first kappa shape index (κ1) is 25.7. The van der Waals surface area contributed by atoms with Crippen LogP contribution in [0.3, 0.4) is 0 Å². The third-order valence-electron chi connectivity index (χ3n) is 7.88. The molecule has 1 aromatic carbocycles. The zero-order chi connectivity index (χ0) is 27.2. The highest BCUT2D eigenvalue weighted by Gasteiger charge is 2.48. The molecule has 0 bridgehead atoms. The van der Waals surface area contributed by atoms with Gasteiger partial charge in [-0.15, -0.1) is 0 Å². The van der Waals surface area contributed by atoms with E-state index in [1.54, 1.807) is 19.3 Å². The molecule has 0 amide bonds. The summed E-state index contributed by atoms with van der Waals surface area (Å²) >= 11 is 0. The molecule has 1 aliphatic carbocycles. The average Bonchev–Trinajstić information content (AvgIpc) is 3.35. The van der Waals surface area contributed by atoms with Gasteiger partial charge in [-0.2, -0.15) is 0 Å². The summed E-state index contributed by atoms with van der Waals surface area (Å²) in [5, 5.41) is 3.81. The van der Waals surface area contributed by atoms with Gasteiger partial charge in [-0.1, -0.05) is 61.3 Å². The summed E-state index contributed by atoms with van der Waals surface area (Å²) in [5.41, 5.74) is 7.27. The molecule has 0 radical (unpaired) electrons. The topological polar surface area (TPSA) is 44.0 Å². The van der Waals surface area contributed by atoms with E-state index >= 15 is 4.39 Å². The number of halogens is 2. The molecule has 3 heterocycles. The van der Waals surface area contributed by atoms with Gasteiger partial charge in [0, 0.05) is 38.0 Å². The molecule has 2 fully saturated rings. The van der Waals surface area contributed by atoms with Crippen LogP contribution >= 0.6 is 0 Å². The highest BCUT2D eigenvalue weighted by Crippen LogP contribution is 2.55. The number of rotatable bonds is 8. The molecule has 2 N–H and O–H groups in total. The van der Waals surface area contributed by atoms with Crippen LogP contribution in [0.2, 0.25) is 0 Å². The maximum Gasteiger partial charge on any atom is 0.169 e. The van der Waals surface area contributed by atoms with E-state index in [2.05, 4.69) is 39.9 Å². The van der Waals surface area contributed by atoms with Gasteiger partial charge in [0.1, 0.15) is 5.65 Å². The van der Waals surface area contributed by atoms with E-state index < -0.39 is 11.6 Å². The zero-order valence-corrected chi connectivity index (χ0v) is 22.3. The van der Waals surface area contributed by atoms with Gasteiger partial charge in [0.15, 0.2) is 11.6 Å². The van der Waals surface area contributed by atoms with Crippen molar-refractivity contribution in [3.05, 3.63) is 96.3 Å². The van der Waals surface area contributed by atoms with Crippen LogP contribution in [0.5, 0.6) is 0 Å². The lowest BCUT2D eigenvalue weighted by atomic mass is 10.0. The van der Waals surface area contributed by atoms with Gasteiger partial charge >= 0.3 is 0 Å². The first-order chi connectivity index (χ1) is 18.2. The smallest absolute Gasteiger partial charge is 0.169 e. The van der Waals surface area contributed by atoms with Crippen molar-refractivity contribution < 1.29 is 8.78 Å². The summed E-state index contributed by atoms with van der Waals surface area (Å²) in [6.07, 6.45) is 15.0. The first-order valence-electron chi connectivity index (χ1n) is 13.0. The highest BCUT2D eigenvalue weighted by atomic mass is 19.2. The summed E-state index contributed by atoms with van der Waals surface area (Å²) < 4.78 is 30.1. The highest BCUT2D eigenvalue weighted by molar-refractivity contribution is 6.17. The molecule has 38 heavy (non-hydrogen) atoms. The average molecular weight is 513 g/mol. The van der Waals surface area contributed by atoms with Crippen molar-refractivity contribution in [3.63, 3.8) is 0 Å². The molecule has 1 saturated heterocycles. The summed E-state index contributed by atoms with van der Waals surface area (Å²) in [7, 11) is 1.70. The van der Waals surface area contributed by atoms with Crippen molar-refractivity contribution in [3.8, 4) is 0 Å². The fourth-order valence-electron chi connectivity index (χ4n) is 5.40. The minimum absolute atomic E-state index is 0.222. The summed E-state index contributed by atoms with van der Waals surface area (Å²) in [6.45, 7) is 17.9. The lowest BCUT2D eigenvalue weighted by molar-refractivity contribution is 0.518. The van der Waals surface area contributed by atoms with Gasteiger partial charge in [-0.05, 0) is 49.7 Å². The molecule has 3 aromatic rings. The molecule has 1 spiro atoms. The number of benzene rings is 1. The van der Waals surface area contributed by atoms with Gasteiger partial charge in [0.05, 0.1) is 27.7 Å². The van der Waals surface area contributed by atoms with Crippen molar-refractivity contribution in [2.75, 3.05) is 30.4 Å². The lowest BCUT2D eigenvalue weighted by Gasteiger charge is -2.23. The van der Waals surface area contributed by atoms with E-state index in [0.717, 1.165) is 53.1 Å². The standard InChI is InChI=1S/C32H34F2N4/c1-7-22(19(2)3)11-9-20(4)8-10-21(5)23-17-36-31-27(30(23)38-15-14-32(18-38)12-13-32)26-28(34)24(33)16-25(35-6)29(26)37-31/h7-11,16-17,35H,1-2,5,12-15,18H2,3-4,6H3,(H,36,37)/b10-8-,20-9+,22-11+. The quantitative estimate of drug-likeness (QED) is 0.299. The maximum atomic E-state index is 15.4. The van der Waals surface area contributed by atoms with Gasteiger partial charge < -0.3 is 15.2 Å². The van der Waals surface area contributed by atoms with Crippen molar-refractivity contribution in [1.82, 2.24) is 9.97 Å². The Bertz CT molecular complexity index is 1580. The second kappa shape index (κ2) is 9.75. The monoisotopic (exact) mass is 512 g/mol. The number of anilines is 2. The molecular formula is C32H34F2N4. The fraction of sp³-hybridized carbons (Fsp3) is 0.281. The molecule has 196 valence electrons. The van der Waals surface area contributed by atoms with Crippen molar-refractivity contribution in [2.24, 2.45) is 5.41 Å². The number of pyridine rings is 1. The second-order valence-corrected chi connectivity index (χ2v) is 10.6. The van der Waals surface area contributed by atoms with Crippen LogP contribution in [0.25, 0.3) is 27.5 Å². The predicted octanol–water partition coefficient (Wildman–Crippen LogP) is 8.23. The molecule has 4 nitrogen and oxygen atoms in total. The molecule has 6 heteroatoms. The van der Waals surface area contributed by atoms with E-state index in [1.807, 2.05) is 38.2 Å². The number of hydrogen-bond acceptors (Lipinski definition) is 3. The molecule has 1 aliphatic heterocycles. The number of fused-ring (bicyclic) bond motifs is 3. The number of nitrogens with one attached hydrogen (secondary N) is 2. The minimum Gasteiger partial charge on any atom is -0.386 e. The molecule has 0 unspecified atom stereocenters. The Kier molecular flexibility index (Phi) is 6.59. The first-order valence-corrected chi connectivity index (χ1v) is 13.0. The number of nitrogens with zero attached hydrogens (tertiary/aromatic N) is 2. The third kappa shape index (κ3) is 4.49. The minimum atomic E-state index is -0.889. The van der Waals surface area contributed by atoms with E-state index in [9.17, 15) is 4.39 Å². The summed E-state index contributed by atoms with van der Waals surface area (Å²) in [6, 6.07) is 1.18. The maximum absolute atomic E-state index is 15.4. The van der Waals surface area contributed by atoms with Crippen LogP contribution in [-0.4, -0.2) is 30.1 Å². The van der Waals surface area contributed by atoms with Crippen LogP contribution < -0.4 is 10.2 Å². The summed E-state index contributed by atoms with van der Waals surface area (Å²) in [5.74, 6) is -1.76. The Morgan fingerprint density at radius 2 is 1.89 bits per heavy atom. The Morgan fingerprint density at radius 1 is 1.13 bits per heavy atom. The lowest BCUT2D eigenvalue weighted by Crippen LogP contribution is -2.21. The van der Waals surface area contributed by atoms with Gasteiger partial charge in [0.2, 0.25) is 0 Å². The largest absolute Gasteiger partial charge is 0.386 e. The summed E-state index contributed by atoms with van der Waals surface area (Å²) in [4.78, 5) is 10.2. The van der Waals surface area contributed by atoms with Crippen LogP contribution in [0.1, 0.15) is 38.7 Å². The predicted molar refractivity (Wildman–Crippen MR) is 157 cm³/mol. The molecule has 1 saturated carbocycles. The second-order valence-electron chi connectivity index (χ2n) is 10.6. The number of hydrogen-bond donors (Lipinski definition) is 2. The molecule has 0 atom stereocenters. The Labute approximate surface area is 222 Å². The van der Waals surface area contributed by atoms with Crippen molar-refractivity contribution in [1.29, 1.82) is 0 Å².